The Labute approximate surface area is 150 Å². The Kier molecular flexibility index (Phi) is 4.11. The first-order chi connectivity index (χ1) is 12.7. The van der Waals surface area contributed by atoms with E-state index in [4.69, 9.17) is 4.42 Å². The van der Waals surface area contributed by atoms with Gasteiger partial charge in [-0.05, 0) is 43.3 Å². The molecule has 0 bridgehead atoms. The highest BCUT2D eigenvalue weighted by Gasteiger charge is 2.10. The van der Waals surface area contributed by atoms with Gasteiger partial charge in [-0.1, -0.05) is 35.9 Å². The Hall–Kier alpha value is -3.60. The van der Waals surface area contributed by atoms with Crippen LogP contribution in [0.4, 0.5) is 16.2 Å². The highest BCUT2D eigenvalue weighted by atomic mass is 16.3. The second-order valence-corrected chi connectivity index (χ2v) is 6.01. The first-order valence-electron chi connectivity index (χ1n) is 8.28. The van der Waals surface area contributed by atoms with Gasteiger partial charge in [0.05, 0.1) is 0 Å². The highest BCUT2D eigenvalue weighted by molar-refractivity contribution is 6.00. The lowest BCUT2D eigenvalue weighted by molar-refractivity contribution is 0.262. The fourth-order valence-corrected chi connectivity index (χ4v) is 2.64. The van der Waals surface area contributed by atoms with Crippen molar-refractivity contribution in [2.24, 2.45) is 0 Å². The van der Waals surface area contributed by atoms with Gasteiger partial charge in [0.2, 0.25) is 5.89 Å². The van der Waals surface area contributed by atoms with Crippen LogP contribution >= 0.6 is 0 Å². The molecule has 3 aromatic carbocycles. The molecule has 0 radical (unpaired) electrons. The summed E-state index contributed by atoms with van der Waals surface area (Å²) in [5.41, 5.74) is 4.79. The predicted octanol–water partition coefficient (Wildman–Crippen LogP) is 5.45. The normalized spacial score (nSPS) is 10.7. The van der Waals surface area contributed by atoms with Crippen LogP contribution < -0.4 is 10.6 Å². The van der Waals surface area contributed by atoms with Crippen molar-refractivity contribution >= 4 is 28.5 Å². The number of hydrogen-bond donors (Lipinski definition) is 2. The number of hydrogen-bond acceptors (Lipinski definition) is 3. The molecule has 2 N–H and O–H groups in total. The van der Waals surface area contributed by atoms with Gasteiger partial charge in [-0.25, -0.2) is 9.78 Å². The van der Waals surface area contributed by atoms with E-state index in [0.717, 1.165) is 22.3 Å². The fraction of sp³-hybridized carbons (Fsp3) is 0.0476. The molecule has 0 fully saturated rings. The van der Waals surface area contributed by atoms with Crippen LogP contribution in [0.15, 0.2) is 77.2 Å². The highest BCUT2D eigenvalue weighted by Crippen LogP contribution is 2.26. The van der Waals surface area contributed by atoms with E-state index in [0.29, 0.717) is 17.2 Å². The predicted molar refractivity (Wildman–Crippen MR) is 103 cm³/mol. The molecule has 5 nitrogen and oxygen atoms in total. The lowest BCUT2D eigenvalue weighted by atomic mass is 10.2. The van der Waals surface area contributed by atoms with E-state index < -0.39 is 0 Å². The number of rotatable bonds is 3. The number of carbonyl (C=O) groups is 1. The Morgan fingerprint density at radius 3 is 2.35 bits per heavy atom. The Morgan fingerprint density at radius 1 is 0.885 bits per heavy atom. The molecule has 0 unspecified atom stereocenters. The van der Waals surface area contributed by atoms with Crippen LogP contribution in [0.25, 0.3) is 22.6 Å². The molecule has 4 aromatic rings. The quantitative estimate of drug-likeness (QED) is 0.520. The monoisotopic (exact) mass is 343 g/mol. The van der Waals surface area contributed by atoms with Gasteiger partial charge in [0.15, 0.2) is 5.58 Å². The number of anilines is 2. The molecule has 128 valence electrons. The number of benzene rings is 3. The first kappa shape index (κ1) is 15.9. The van der Waals surface area contributed by atoms with Crippen molar-refractivity contribution in [2.45, 2.75) is 6.92 Å². The van der Waals surface area contributed by atoms with E-state index in [9.17, 15) is 4.79 Å². The molecule has 1 heterocycles. The van der Waals surface area contributed by atoms with Gasteiger partial charge in [-0.2, -0.15) is 0 Å². The van der Waals surface area contributed by atoms with Gasteiger partial charge in [0.25, 0.3) is 0 Å². The molecule has 0 atom stereocenters. The number of fused-ring (bicyclic) bond motifs is 1. The molecule has 26 heavy (non-hydrogen) atoms. The number of aromatic nitrogens is 1. The summed E-state index contributed by atoms with van der Waals surface area (Å²) < 4.78 is 5.82. The summed E-state index contributed by atoms with van der Waals surface area (Å²) in [6.45, 7) is 2.00. The summed E-state index contributed by atoms with van der Waals surface area (Å²) >= 11 is 0. The number of nitrogens with zero attached hydrogens (tertiary/aromatic N) is 1. The Morgan fingerprint density at radius 2 is 1.58 bits per heavy atom. The van der Waals surface area contributed by atoms with Crippen molar-refractivity contribution in [2.75, 3.05) is 10.6 Å². The standard InChI is InChI=1S/C21H17N3O2/c1-14-7-9-16(10-8-14)22-21(25)23-17-11-12-18-19(13-17)26-20(24-18)15-5-3-2-4-6-15/h2-13H,1H3,(H2,22,23,25). The molecule has 0 spiro atoms. The molecule has 0 aliphatic heterocycles. The second kappa shape index (κ2) is 6.72. The lowest BCUT2D eigenvalue weighted by Gasteiger charge is -2.07. The lowest BCUT2D eigenvalue weighted by Crippen LogP contribution is -2.19. The Bertz CT molecular complexity index is 1050. The van der Waals surface area contributed by atoms with Gasteiger partial charge >= 0.3 is 6.03 Å². The van der Waals surface area contributed by atoms with Crippen LogP contribution in [0.2, 0.25) is 0 Å². The minimum absolute atomic E-state index is 0.309. The number of oxazole rings is 1. The summed E-state index contributed by atoms with van der Waals surface area (Å²) in [6.07, 6.45) is 0. The average Bonchev–Trinajstić information content (AvgIpc) is 3.08. The van der Waals surface area contributed by atoms with Crippen LogP contribution in [0.1, 0.15) is 5.56 Å². The molecule has 5 heteroatoms. The third kappa shape index (κ3) is 3.42. The molecule has 0 saturated heterocycles. The zero-order valence-corrected chi connectivity index (χ0v) is 14.2. The SMILES string of the molecule is Cc1ccc(NC(=O)Nc2ccc3nc(-c4ccccc4)oc3c2)cc1. The zero-order valence-electron chi connectivity index (χ0n) is 14.2. The van der Waals surface area contributed by atoms with Gasteiger partial charge < -0.3 is 15.1 Å². The van der Waals surface area contributed by atoms with Crippen LogP contribution in [-0.4, -0.2) is 11.0 Å². The van der Waals surface area contributed by atoms with Crippen molar-refractivity contribution in [1.29, 1.82) is 0 Å². The molecular formula is C21H17N3O2. The molecule has 0 aliphatic rings. The molecular weight excluding hydrogens is 326 g/mol. The van der Waals surface area contributed by atoms with E-state index in [2.05, 4.69) is 15.6 Å². The average molecular weight is 343 g/mol. The smallest absolute Gasteiger partial charge is 0.323 e. The minimum Gasteiger partial charge on any atom is -0.436 e. The van der Waals surface area contributed by atoms with Crippen LogP contribution in [0, 0.1) is 6.92 Å². The van der Waals surface area contributed by atoms with Gasteiger partial charge in [-0.15, -0.1) is 0 Å². The van der Waals surface area contributed by atoms with E-state index in [1.165, 1.54) is 0 Å². The van der Waals surface area contributed by atoms with E-state index in [1.54, 1.807) is 12.1 Å². The maximum absolute atomic E-state index is 12.2. The number of amides is 2. The topological polar surface area (TPSA) is 67.2 Å². The van der Waals surface area contributed by atoms with E-state index in [-0.39, 0.29) is 6.03 Å². The van der Waals surface area contributed by atoms with E-state index in [1.807, 2.05) is 67.6 Å². The van der Waals surface area contributed by atoms with Crippen LogP contribution in [0.5, 0.6) is 0 Å². The third-order valence-electron chi connectivity index (χ3n) is 3.98. The second-order valence-electron chi connectivity index (χ2n) is 6.01. The van der Waals surface area contributed by atoms with Crippen molar-refractivity contribution in [3.05, 3.63) is 78.4 Å². The van der Waals surface area contributed by atoms with Crippen molar-refractivity contribution in [3.63, 3.8) is 0 Å². The van der Waals surface area contributed by atoms with Gasteiger partial charge in [0.1, 0.15) is 5.52 Å². The van der Waals surface area contributed by atoms with Gasteiger partial charge in [-0.3, -0.25) is 0 Å². The molecule has 1 aromatic heterocycles. The maximum Gasteiger partial charge on any atom is 0.323 e. The van der Waals surface area contributed by atoms with Crippen molar-refractivity contribution < 1.29 is 9.21 Å². The minimum atomic E-state index is -0.309. The molecule has 2 amide bonds. The van der Waals surface area contributed by atoms with Crippen molar-refractivity contribution in [3.8, 4) is 11.5 Å². The van der Waals surface area contributed by atoms with Crippen LogP contribution in [-0.2, 0) is 0 Å². The van der Waals surface area contributed by atoms with Crippen LogP contribution in [0.3, 0.4) is 0 Å². The summed E-state index contributed by atoms with van der Waals surface area (Å²) in [5, 5.41) is 5.61. The number of urea groups is 1. The third-order valence-corrected chi connectivity index (χ3v) is 3.98. The number of carbonyl (C=O) groups excluding carboxylic acids is 1. The fourth-order valence-electron chi connectivity index (χ4n) is 2.64. The molecule has 0 aliphatic carbocycles. The molecule has 4 rings (SSSR count). The summed E-state index contributed by atoms with van der Waals surface area (Å²) in [6, 6.07) is 22.4. The number of nitrogens with one attached hydrogen (secondary N) is 2. The largest absolute Gasteiger partial charge is 0.436 e. The molecule has 0 saturated carbocycles. The number of aryl methyl sites for hydroxylation is 1. The Balaban J connectivity index is 1.52. The maximum atomic E-state index is 12.2. The van der Waals surface area contributed by atoms with Crippen molar-refractivity contribution in [1.82, 2.24) is 4.98 Å². The first-order valence-corrected chi connectivity index (χ1v) is 8.28. The summed E-state index contributed by atoms with van der Waals surface area (Å²) in [7, 11) is 0. The summed E-state index contributed by atoms with van der Waals surface area (Å²) in [4.78, 5) is 16.6. The zero-order chi connectivity index (χ0) is 17.9. The summed E-state index contributed by atoms with van der Waals surface area (Å²) in [5.74, 6) is 0.557. The van der Waals surface area contributed by atoms with E-state index >= 15 is 0 Å². The van der Waals surface area contributed by atoms with Gasteiger partial charge in [0, 0.05) is 23.0 Å².